The zero-order valence-electron chi connectivity index (χ0n) is 35.8. The van der Waals surface area contributed by atoms with E-state index in [-0.39, 0.29) is 48.8 Å². The quantitative estimate of drug-likeness (QED) is 0.0946. The van der Waals surface area contributed by atoms with Gasteiger partial charge in [-0.1, -0.05) is 108 Å². The summed E-state index contributed by atoms with van der Waals surface area (Å²) >= 11 is 0. The van der Waals surface area contributed by atoms with Gasteiger partial charge >= 0.3 is 0 Å². The van der Waals surface area contributed by atoms with Crippen molar-refractivity contribution in [1.82, 2.24) is 22.9 Å². The van der Waals surface area contributed by atoms with Crippen molar-refractivity contribution in [3.8, 4) is 0 Å². The van der Waals surface area contributed by atoms with Crippen molar-refractivity contribution >= 4 is 11.7 Å². The van der Waals surface area contributed by atoms with E-state index in [4.69, 9.17) is 10.8 Å². The van der Waals surface area contributed by atoms with Crippen molar-refractivity contribution in [3.05, 3.63) is 122 Å². The number of carbonyl (C=O) groups is 2. The van der Waals surface area contributed by atoms with Crippen molar-refractivity contribution in [3.63, 3.8) is 0 Å². The average Bonchev–Trinajstić information content (AvgIpc) is 3.08. The van der Waals surface area contributed by atoms with Crippen molar-refractivity contribution in [2.45, 2.75) is 107 Å². The van der Waals surface area contributed by atoms with Crippen LogP contribution >= 0.6 is 0 Å². The van der Waals surface area contributed by atoms with Crippen LogP contribution < -0.4 is 28.7 Å². The van der Waals surface area contributed by atoms with Crippen LogP contribution in [0.5, 0.6) is 0 Å². The molecule has 1 aliphatic carbocycles. The number of halogens is 2. The summed E-state index contributed by atoms with van der Waals surface area (Å²) in [6.45, 7) is 39.2. The fraction of sp³-hybridized carbons (Fsp3) is 0.488. The van der Waals surface area contributed by atoms with Gasteiger partial charge in [-0.3, -0.25) is 9.50 Å². The van der Waals surface area contributed by atoms with Crippen LogP contribution in [-0.4, -0.2) is 42.5 Å². The first-order chi connectivity index (χ1) is 23.5. The molecule has 1 unspecified atom stereocenters. The van der Waals surface area contributed by atoms with Gasteiger partial charge in [-0.25, -0.2) is 4.39 Å². The molecule has 0 aliphatic heterocycles. The molecule has 9 nitrogen and oxygen atoms in total. The second-order valence-electron chi connectivity index (χ2n) is 11.9. The van der Waals surface area contributed by atoms with Gasteiger partial charge in [0.1, 0.15) is 11.6 Å². The monoisotopic (exact) mass is 776 g/mol. The third kappa shape index (κ3) is 52.4. The van der Waals surface area contributed by atoms with Crippen molar-refractivity contribution in [2.24, 2.45) is 17.6 Å². The molecule has 0 saturated heterocycles. The van der Waals surface area contributed by atoms with E-state index in [1.54, 1.807) is 26.0 Å². The molecule has 1 aromatic rings. The van der Waals surface area contributed by atoms with E-state index in [0.717, 1.165) is 42.3 Å². The number of hydrogen-bond acceptors (Lipinski definition) is 7. The number of carbonyl (C=O) groups excluding carboxylic acids is 2. The molecule has 1 aromatic carbocycles. The highest BCUT2D eigenvalue weighted by molar-refractivity contribution is 5.76. The van der Waals surface area contributed by atoms with Crippen molar-refractivity contribution in [1.29, 1.82) is 0 Å². The molecule has 2 rings (SSSR count). The summed E-state index contributed by atoms with van der Waals surface area (Å²) in [5.41, 5.74) is 9.97. The van der Waals surface area contributed by atoms with Crippen LogP contribution in [0.3, 0.4) is 0 Å². The number of hydrogen-bond donors (Lipinski definition) is 6. The molecule has 1 amide bonds. The first kappa shape index (κ1) is 71.4. The Morgan fingerprint density at radius 3 is 1.81 bits per heavy atom. The fourth-order valence-electron chi connectivity index (χ4n) is 4.11. The molecular formula is C43H87F2N5O4. The molecule has 1 saturated carbocycles. The number of allylic oxidation sites excluding steroid dienone is 8. The third-order valence-corrected chi connectivity index (χ3v) is 6.96. The first-order valence-corrected chi connectivity index (χ1v) is 17.4. The first-order valence-electron chi connectivity index (χ1n) is 17.4. The zero-order chi connectivity index (χ0) is 40.1. The Hall–Kier alpha value is -4.00. The molecule has 0 spiro atoms. The number of ketones is 1. The summed E-state index contributed by atoms with van der Waals surface area (Å²) in [4.78, 5) is 20.9. The number of rotatable bonds is 11. The molecule has 322 valence electrons. The van der Waals surface area contributed by atoms with Gasteiger partial charge in [0.25, 0.3) is 0 Å². The van der Waals surface area contributed by atoms with Crippen LogP contribution in [0.1, 0.15) is 114 Å². The number of aliphatic hydroxyl groups is 1. The van der Waals surface area contributed by atoms with Crippen LogP contribution in [0.2, 0.25) is 0 Å². The summed E-state index contributed by atoms with van der Waals surface area (Å²) in [6.07, 6.45) is 16.5. The standard InChI is InChI=1S/C12H15FO.C10H18.C7H13N.C7H10.C4H10N2O.C2H4.CH4O.FH.2H3N.H2O.2H2/c1-8-4-5-11(7-12(8)13)9(2)6-10(3)14;1-8(2)10-6-4-9(3)5-7-10;1-5-7(4)8-6(2)3;1-3-5-7-6-4-2;1-4(7)6-3-2-5;2*1-2;;;;;;/h4-5,7,9H,6H2,1-3H3;9-10H,1,4-7H2,2-3H3;8H,2,4-5H2,1,3H3;3-7H,1H2,2H3;2-3,5H2,1H3,(H,6,7);1-2H2;2H,1H3;1H;2*1H3;1H2;2*1H/b;;;6-4-,7-5-;;;;;;;;;. The van der Waals surface area contributed by atoms with Gasteiger partial charge in [-0.15, -0.1) is 13.2 Å². The summed E-state index contributed by atoms with van der Waals surface area (Å²) < 4.78 is 13.2. The molecule has 54 heavy (non-hydrogen) atoms. The molecule has 13 N–H and O–H groups in total. The molecule has 1 atom stereocenters. The highest BCUT2D eigenvalue weighted by Crippen LogP contribution is 2.31. The van der Waals surface area contributed by atoms with Crippen LogP contribution in [0.15, 0.2) is 105 Å². The minimum atomic E-state index is -0.196. The Balaban J connectivity index is -0.0000000489. The van der Waals surface area contributed by atoms with E-state index >= 15 is 0 Å². The maximum Gasteiger partial charge on any atom is 0.216 e. The lowest BCUT2D eigenvalue weighted by molar-refractivity contribution is -0.119. The number of Topliss-reactive ketones (excluding diaryl/α,β-unsaturated/α-hetero) is 1. The Morgan fingerprint density at radius 1 is 1.02 bits per heavy atom. The van der Waals surface area contributed by atoms with Gasteiger partial charge in [-0.05, 0) is 88.8 Å². The smallest absolute Gasteiger partial charge is 0.216 e. The Morgan fingerprint density at radius 2 is 1.52 bits per heavy atom. The highest BCUT2D eigenvalue weighted by atomic mass is 19.1. The largest absolute Gasteiger partial charge is 0.412 e. The minimum absolute atomic E-state index is 0. The van der Waals surface area contributed by atoms with Crippen molar-refractivity contribution < 1.29 is 32.1 Å². The van der Waals surface area contributed by atoms with Crippen LogP contribution in [0, 0.1) is 24.6 Å². The second-order valence-corrected chi connectivity index (χ2v) is 11.9. The van der Waals surface area contributed by atoms with Crippen LogP contribution in [0.4, 0.5) is 9.09 Å². The average molecular weight is 776 g/mol. The number of aliphatic hydroxyl groups excluding tert-OH is 1. The highest BCUT2D eigenvalue weighted by Gasteiger charge is 2.17. The molecule has 1 fully saturated rings. The minimum Gasteiger partial charge on any atom is -0.412 e. The lowest BCUT2D eigenvalue weighted by Gasteiger charge is -2.26. The number of aryl methyl sites for hydroxylation is 1. The summed E-state index contributed by atoms with van der Waals surface area (Å²) in [6, 6.07) is 5.15. The Bertz CT molecular complexity index is 1150. The van der Waals surface area contributed by atoms with E-state index in [9.17, 15) is 14.0 Å². The molecule has 11 heteroatoms. The van der Waals surface area contributed by atoms with Gasteiger partial charge in [0.05, 0.1) is 0 Å². The van der Waals surface area contributed by atoms with E-state index in [1.807, 2.05) is 51.1 Å². The molecule has 0 radical (unpaired) electrons. The number of nitrogens with one attached hydrogen (secondary N) is 2. The summed E-state index contributed by atoms with van der Waals surface area (Å²) in [5, 5.41) is 12.5. The second kappa shape index (κ2) is 51.1. The molecule has 0 heterocycles. The van der Waals surface area contributed by atoms with Crippen LogP contribution in [0.25, 0.3) is 0 Å². The maximum atomic E-state index is 13.2. The normalized spacial score (nSPS) is 13.4. The summed E-state index contributed by atoms with van der Waals surface area (Å²) in [5.74, 6) is 1.83. The molecule has 0 aromatic heterocycles. The fourth-order valence-corrected chi connectivity index (χ4v) is 4.11. The van der Waals surface area contributed by atoms with Crippen molar-refractivity contribution in [2.75, 3.05) is 20.2 Å². The van der Waals surface area contributed by atoms with Crippen LogP contribution in [-0.2, 0) is 9.59 Å². The van der Waals surface area contributed by atoms with Gasteiger partial charge < -0.3 is 44.0 Å². The van der Waals surface area contributed by atoms with Gasteiger partial charge in [-0.2, -0.15) is 0 Å². The van der Waals surface area contributed by atoms with E-state index in [1.165, 1.54) is 44.2 Å². The van der Waals surface area contributed by atoms with E-state index in [0.29, 0.717) is 25.1 Å². The predicted octanol–water partition coefficient (Wildman–Crippen LogP) is 10.6. The number of benzene rings is 1. The van der Waals surface area contributed by atoms with Gasteiger partial charge in [0, 0.05) is 47.8 Å². The zero-order valence-corrected chi connectivity index (χ0v) is 35.8. The lowest BCUT2D eigenvalue weighted by atomic mass is 9.80. The van der Waals surface area contributed by atoms with E-state index < -0.39 is 0 Å². The number of amides is 1. The topological polar surface area (TPSA) is 206 Å². The Kier molecular flexibility index (Phi) is 67.6. The lowest BCUT2D eigenvalue weighted by Crippen LogP contribution is -2.26. The van der Waals surface area contributed by atoms with E-state index in [2.05, 4.69) is 70.9 Å². The number of nitrogens with two attached hydrogens (primary N) is 1. The van der Waals surface area contributed by atoms with Gasteiger partial charge in [0.15, 0.2) is 0 Å². The van der Waals surface area contributed by atoms with Gasteiger partial charge in [0.2, 0.25) is 5.91 Å². The predicted molar refractivity (Wildman–Crippen MR) is 240 cm³/mol. The molecule has 0 bridgehead atoms. The maximum absolute atomic E-state index is 13.2. The molecular weight excluding hydrogens is 689 g/mol. The summed E-state index contributed by atoms with van der Waals surface area (Å²) in [7, 11) is 1.00. The SMILES string of the molecule is C=C.C=C(C)C1CCC(C)CC1.C=C(C)NC(=C)CC.C=C/C=C\C=C/C.CC(=O)CC(C)c1ccc(C)c(F)c1.CC(=O)NCCN.CO.F.N.N.O.[HH].[HH]. The third-order valence-electron chi connectivity index (χ3n) is 6.96. The Labute approximate surface area is 332 Å². The molecule has 1 aliphatic rings.